The van der Waals surface area contributed by atoms with Gasteiger partial charge in [-0.15, -0.1) is 0 Å². The van der Waals surface area contributed by atoms with Crippen LogP contribution in [0.2, 0.25) is 0 Å². The molecular weight excluding hydrogens is 306 g/mol. The molecule has 0 aliphatic rings. The first kappa shape index (κ1) is 24.9. The minimum atomic E-state index is 0.328. The summed E-state index contributed by atoms with van der Waals surface area (Å²) in [6, 6.07) is 0.390. The van der Waals surface area contributed by atoms with Crippen LogP contribution in [0.15, 0.2) is 0 Å². The molecule has 0 aromatic carbocycles. The Labute approximate surface area is 159 Å². The van der Waals surface area contributed by atoms with E-state index in [4.69, 9.17) is 10.8 Å². The molecule has 0 fully saturated rings. The number of rotatable bonds is 21. The third-order valence-electron chi connectivity index (χ3n) is 5.41. The first-order valence-electron chi connectivity index (χ1n) is 11.7. The van der Waals surface area contributed by atoms with Crippen LogP contribution in [0.25, 0.3) is 0 Å². The Kier molecular flexibility index (Phi) is 21.9. The zero-order valence-electron chi connectivity index (χ0n) is 17.5. The molecule has 0 aliphatic carbocycles. The molecule has 2 heteroatoms. The van der Waals surface area contributed by atoms with Crippen LogP contribution in [-0.2, 0) is 0 Å². The summed E-state index contributed by atoms with van der Waals surface area (Å²) in [4.78, 5) is 0. The predicted molar refractivity (Wildman–Crippen MR) is 113 cm³/mol. The molecular formula is C23H49NO. The monoisotopic (exact) mass is 355 g/mol. The molecule has 2 nitrogen and oxygen atoms in total. The second-order valence-electron chi connectivity index (χ2n) is 8.07. The Morgan fingerprint density at radius 1 is 0.520 bits per heavy atom. The van der Waals surface area contributed by atoms with Gasteiger partial charge in [-0.25, -0.2) is 0 Å². The zero-order chi connectivity index (χ0) is 18.4. The van der Waals surface area contributed by atoms with E-state index in [0.717, 1.165) is 19.3 Å². The third-order valence-corrected chi connectivity index (χ3v) is 5.41. The van der Waals surface area contributed by atoms with Crippen LogP contribution in [0, 0.1) is 0 Å². The van der Waals surface area contributed by atoms with Gasteiger partial charge in [0.25, 0.3) is 0 Å². The van der Waals surface area contributed by atoms with E-state index < -0.39 is 0 Å². The first-order chi connectivity index (χ1) is 12.3. The lowest BCUT2D eigenvalue weighted by molar-refractivity contribution is 0.281. The molecule has 0 heterocycles. The van der Waals surface area contributed by atoms with Crippen LogP contribution in [-0.4, -0.2) is 17.8 Å². The van der Waals surface area contributed by atoms with E-state index >= 15 is 0 Å². The van der Waals surface area contributed by atoms with Crippen molar-refractivity contribution in [3.8, 4) is 0 Å². The van der Waals surface area contributed by atoms with Gasteiger partial charge in [-0.05, 0) is 19.3 Å². The maximum Gasteiger partial charge on any atom is 0.0431 e. The minimum Gasteiger partial charge on any atom is -0.396 e. The molecule has 152 valence electrons. The molecule has 0 bridgehead atoms. The Bertz CT molecular complexity index is 232. The summed E-state index contributed by atoms with van der Waals surface area (Å²) in [7, 11) is 0. The van der Waals surface area contributed by atoms with E-state index in [2.05, 4.69) is 6.92 Å². The number of unbranched alkanes of at least 4 members (excludes halogenated alkanes) is 16. The van der Waals surface area contributed by atoms with Gasteiger partial charge in [0.05, 0.1) is 0 Å². The molecule has 1 unspecified atom stereocenters. The smallest absolute Gasteiger partial charge is 0.0431 e. The lowest BCUT2D eigenvalue weighted by Crippen LogP contribution is -2.19. The fourth-order valence-corrected chi connectivity index (χ4v) is 3.62. The number of aliphatic hydroxyl groups excluding tert-OH is 1. The van der Waals surface area contributed by atoms with Crippen molar-refractivity contribution in [1.82, 2.24) is 0 Å². The molecule has 0 aromatic heterocycles. The maximum absolute atomic E-state index is 8.75. The van der Waals surface area contributed by atoms with E-state index in [1.807, 2.05) is 0 Å². The van der Waals surface area contributed by atoms with Crippen LogP contribution < -0.4 is 5.73 Å². The molecule has 3 N–H and O–H groups in total. The summed E-state index contributed by atoms with van der Waals surface area (Å²) in [6.45, 7) is 2.62. The normalized spacial score (nSPS) is 12.6. The number of aliphatic hydroxyl groups is 1. The number of nitrogens with two attached hydrogens (primary N) is 1. The standard InChI is InChI=1S/C23H49NO/c1-2-3-4-5-6-7-8-9-10-11-12-13-14-15-17-20-23(24)21-18-16-19-22-25/h23,25H,2-22,24H2,1H3. The summed E-state index contributed by atoms with van der Waals surface area (Å²) in [5.74, 6) is 0. The second-order valence-corrected chi connectivity index (χ2v) is 8.07. The van der Waals surface area contributed by atoms with Gasteiger partial charge in [-0.3, -0.25) is 0 Å². The van der Waals surface area contributed by atoms with Crippen LogP contribution in [0.4, 0.5) is 0 Å². The number of hydrogen-bond donors (Lipinski definition) is 2. The van der Waals surface area contributed by atoms with Crippen molar-refractivity contribution in [2.75, 3.05) is 6.61 Å². The fraction of sp³-hybridized carbons (Fsp3) is 1.00. The van der Waals surface area contributed by atoms with Crippen LogP contribution in [0.5, 0.6) is 0 Å². The van der Waals surface area contributed by atoms with Crippen molar-refractivity contribution in [2.24, 2.45) is 5.73 Å². The van der Waals surface area contributed by atoms with Crippen molar-refractivity contribution in [2.45, 2.75) is 141 Å². The second kappa shape index (κ2) is 22.0. The van der Waals surface area contributed by atoms with Gasteiger partial charge < -0.3 is 10.8 Å². The van der Waals surface area contributed by atoms with Crippen LogP contribution >= 0.6 is 0 Å². The highest BCUT2D eigenvalue weighted by atomic mass is 16.2. The average Bonchev–Trinajstić information content (AvgIpc) is 2.62. The molecule has 0 saturated carbocycles. The highest BCUT2D eigenvalue weighted by molar-refractivity contribution is 4.61. The van der Waals surface area contributed by atoms with Gasteiger partial charge in [0, 0.05) is 12.6 Å². The van der Waals surface area contributed by atoms with Crippen LogP contribution in [0.3, 0.4) is 0 Å². The van der Waals surface area contributed by atoms with E-state index in [1.54, 1.807) is 0 Å². The molecule has 0 amide bonds. The summed E-state index contributed by atoms with van der Waals surface area (Å²) < 4.78 is 0. The first-order valence-corrected chi connectivity index (χ1v) is 11.7. The summed E-state index contributed by atoms with van der Waals surface area (Å²) in [5.41, 5.74) is 6.15. The van der Waals surface area contributed by atoms with Crippen molar-refractivity contribution in [1.29, 1.82) is 0 Å². The highest BCUT2D eigenvalue weighted by Gasteiger charge is 2.02. The molecule has 0 aliphatic heterocycles. The predicted octanol–water partition coefficient (Wildman–Crippen LogP) is 7.13. The molecule has 0 rings (SSSR count). The molecule has 1 atom stereocenters. The van der Waals surface area contributed by atoms with Gasteiger partial charge in [-0.2, -0.15) is 0 Å². The number of hydrogen-bond acceptors (Lipinski definition) is 2. The van der Waals surface area contributed by atoms with E-state index in [9.17, 15) is 0 Å². The Morgan fingerprint density at radius 3 is 1.20 bits per heavy atom. The van der Waals surface area contributed by atoms with E-state index in [-0.39, 0.29) is 0 Å². The fourth-order valence-electron chi connectivity index (χ4n) is 3.62. The molecule has 25 heavy (non-hydrogen) atoms. The Morgan fingerprint density at radius 2 is 0.840 bits per heavy atom. The van der Waals surface area contributed by atoms with E-state index in [1.165, 1.54) is 109 Å². The SMILES string of the molecule is CCCCCCCCCCCCCCCCCC(N)CCCCCO. The van der Waals surface area contributed by atoms with Gasteiger partial charge >= 0.3 is 0 Å². The van der Waals surface area contributed by atoms with Crippen molar-refractivity contribution in [3.63, 3.8) is 0 Å². The average molecular weight is 356 g/mol. The maximum atomic E-state index is 8.75. The quantitative estimate of drug-likeness (QED) is 0.215. The van der Waals surface area contributed by atoms with Gasteiger partial charge in [0.1, 0.15) is 0 Å². The Hall–Kier alpha value is -0.0800. The zero-order valence-corrected chi connectivity index (χ0v) is 17.5. The van der Waals surface area contributed by atoms with Gasteiger partial charge in [0.15, 0.2) is 0 Å². The minimum absolute atomic E-state index is 0.328. The highest BCUT2D eigenvalue weighted by Crippen LogP contribution is 2.14. The summed E-state index contributed by atoms with van der Waals surface area (Å²) >= 11 is 0. The molecule has 0 aromatic rings. The molecule has 0 spiro atoms. The Balaban J connectivity index is 3.06. The summed E-state index contributed by atoms with van der Waals surface area (Å²) in [6.07, 6.45) is 26.9. The lowest BCUT2D eigenvalue weighted by atomic mass is 10.0. The lowest BCUT2D eigenvalue weighted by Gasteiger charge is -2.11. The molecule has 0 saturated heterocycles. The largest absolute Gasteiger partial charge is 0.396 e. The summed E-state index contributed by atoms with van der Waals surface area (Å²) in [5, 5.41) is 8.75. The topological polar surface area (TPSA) is 46.2 Å². The van der Waals surface area contributed by atoms with Crippen molar-refractivity contribution in [3.05, 3.63) is 0 Å². The van der Waals surface area contributed by atoms with Gasteiger partial charge in [-0.1, -0.05) is 116 Å². The third kappa shape index (κ3) is 21.9. The van der Waals surface area contributed by atoms with Crippen LogP contribution in [0.1, 0.15) is 135 Å². The van der Waals surface area contributed by atoms with E-state index in [0.29, 0.717) is 12.6 Å². The van der Waals surface area contributed by atoms with Gasteiger partial charge in [0.2, 0.25) is 0 Å². The molecule has 0 radical (unpaired) electrons. The van der Waals surface area contributed by atoms with Crippen molar-refractivity contribution < 1.29 is 5.11 Å². The van der Waals surface area contributed by atoms with Crippen molar-refractivity contribution >= 4 is 0 Å².